The van der Waals surface area contributed by atoms with E-state index in [0.29, 0.717) is 0 Å². The van der Waals surface area contributed by atoms with Crippen molar-refractivity contribution >= 4 is 19.7 Å². The normalized spacial score (nSPS) is 14.2. The molecule has 0 radical (unpaired) electrons. The number of hydrogen-bond acceptors (Lipinski definition) is 2. The fraction of sp³-hybridized carbons (Fsp3) is 1.00. The number of alkyl halides is 6. The van der Waals surface area contributed by atoms with E-state index in [2.05, 4.69) is 0 Å². The van der Waals surface area contributed by atoms with Crippen LogP contribution in [-0.4, -0.2) is 26.5 Å². The molecule has 0 rings (SSSR count). The first-order valence-electron chi connectivity index (χ1n) is 4.90. The highest BCUT2D eigenvalue weighted by molar-refractivity contribution is 8.13. The van der Waals surface area contributed by atoms with Gasteiger partial charge in [0.2, 0.25) is 9.05 Å². The first kappa shape index (κ1) is 17.8. The molecule has 0 saturated carbocycles. The summed E-state index contributed by atoms with van der Waals surface area (Å²) in [7, 11) is 1.08. The predicted molar refractivity (Wildman–Crippen MR) is 53.7 cm³/mol. The first-order valence-corrected chi connectivity index (χ1v) is 7.37. The van der Waals surface area contributed by atoms with Crippen molar-refractivity contribution in [3.05, 3.63) is 0 Å². The molecule has 0 bridgehead atoms. The molecule has 0 amide bonds. The second kappa shape index (κ2) is 6.31. The molecule has 0 saturated heterocycles. The van der Waals surface area contributed by atoms with Crippen LogP contribution in [0.2, 0.25) is 0 Å². The quantitative estimate of drug-likeness (QED) is 0.423. The summed E-state index contributed by atoms with van der Waals surface area (Å²) in [6.45, 7) is 0. The number of rotatable bonds is 6. The minimum absolute atomic E-state index is 0.0609. The van der Waals surface area contributed by atoms with E-state index < -0.39 is 39.5 Å². The van der Waals surface area contributed by atoms with Crippen molar-refractivity contribution in [2.75, 3.05) is 5.75 Å². The highest BCUT2D eigenvalue weighted by Crippen LogP contribution is 2.42. The SMILES string of the molecule is O=S(=O)(Cl)CCCCCC(C(F)(F)F)C(F)(F)F. The molecule has 0 aromatic carbocycles. The van der Waals surface area contributed by atoms with Gasteiger partial charge in [0.25, 0.3) is 0 Å². The zero-order chi connectivity index (χ0) is 14.6. The third-order valence-electron chi connectivity index (χ3n) is 2.17. The lowest BCUT2D eigenvalue weighted by atomic mass is 10.0. The van der Waals surface area contributed by atoms with Gasteiger partial charge in [-0.25, -0.2) is 8.42 Å². The second-order valence-corrected chi connectivity index (χ2v) is 6.62. The van der Waals surface area contributed by atoms with Crippen LogP contribution in [0.1, 0.15) is 25.7 Å². The van der Waals surface area contributed by atoms with Crippen LogP contribution in [0.4, 0.5) is 26.3 Å². The number of hydrogen-bond donors (Lipinski definition) is 0. The van der Waals surface area contributed by atoms with Crippen molar-refractivity contribution in [1.82, 2.24) is 0 Å². The molecule has 0 aromatic rings. The smallest absolute Gasteiger partial charge is 0.212 e. The van der Waals surface area contributed by atoms with Crippen molar-refractivity contribution in [2.24, 2.45) is 5.92 Å². The standard InChI is InChI=1S/C8H11ClF6O2S/c9-18(16,17)5-3-1-2-4-6(7(10,11)12)8(13,14)15/h6H,1-5H2. The summed E-state index contributed by atoms with van der Waals surface area (Å²) in [4.78, 5) is 0. The second-order valence-electron chi connectivity index (χ2n) is 3.73. The van der Waals surface area contributed by atoms with E-state index in [9.17, 15) is 34.8 Å². The van der Waals surface area contributed by atoms with Gasteiger partial charge in [0.15, 0.2) is 5.92 Å². The van der Waals surface area contributed by atoms with E-state index in [-0.39, 0.29) is 19.3 Å². The molecule has 110 valence electrons. The van der Waals surface area contributed by atoms with E-state index in [1.54, 1.807) is 0 Å². The largest absolute Gasteiger partial charge is 0.400 e. The van der Waals surface area contributed by atoms with Crippen molar-refractivity contribution in [2.45, 2.75) is 38.0 Å². The Hall–Kier alpha value is -0.180. The lowest BCUT2D eigenvalue weighted by Crippen LogP contribution is -2.36. The number of unbranched alkanes of at least 4 members (excludes halogenated alkanes) is 2. The van der Waals surface area contributed by atoms with Crippen LogP contribution in [0.15, 0.2) is 0 Å². The van der Waals surface area contributed by atoms with E-state index in [1.165, 1.54) is 0 Å². The van der Waals surface area contributed by atoms with Gasteiger partial charge in [0, 0.05) is 10.7 Å². The van der Waals surface area contributed by atoms with Gasteiger partial charge >= 0.3 is 12.4 Å². The minimum Gasteiger partial charge on any atom is -0.212 e. The maximum atomic E-state index is 12.1. The Kier molecular flexibility index (Phi) is 6.25. The molecule has 0 aliphatic rings. The Morgan fingerprint density at radius 1 is 0.889 bits per heavy atom. The monoisotopic (exact) mass is 320 g/mol. The van der Waals surface area contributed by atoms with Gasteiger partial charge in [-0.05, 0) is 12.8 Å². The fourth-order valence-corrected chi connectivity index (χ4v) is 2.19. The maximum absolute atomic E-state index is 12.1. The van der Waals surface area contributed by atoms with Crippen LogP contribution in [0.5, 0.6) is 0 Å². The van der Waals surface area contributed by atoms with Crippen LogP contribution in [0, 0.1) is 5.92 Å². The Morgan fingerprint density at radius 2 is 1.33 bits per heavy atom. The molecular weight excluding hydrogens is 310 g/mol. The zero-order valence-corrected chi connectivity index (χ0v) is 10.6. The van der Waals surface area contributed by atoms with Crippen molar-refractivity contribution < 1.29 is 34.8 Å². The maximum Gasteiger partial charge on any atom is 0.400 e. The van der Waals surface area contributed by atoms with Gasteiger partial charge in [-0.2, -0.15) is 26.3 Å². The zero-order valence-electron chi connectivity index (χ0n) is 8.98. The topological polar surface area (TPSA) is 34.1 Å². The van der Waals surface area contributed by atoms with Crippen LogP contribution in [0.25, 0.3) is 0 Å². The number of halogens is 7. The van der Waals surface area contributed by atoms with E-state index in [1.807, 2.05) is 0 Å². The summed E-state index contributed by atoms with van der Waals surface area (Å²) in [6.07, 6.45) is -12.3. The van der Waals surface area contributed by atoms with Crippen LogP contribution in [-0.2, 0) is 9.05 Å². The average molecular weight is 321 g/mol. The van der Waals surface area contributed by atoms with Gasteiger partial charge in [-0.15, -0.1) is 0 Å². The summed E-state index contributed by atoms with van der Waals surface area (Å²) in [5.74, 6) is -3.82. The molecule has 10 heteroatoms. The van der Waals surface area contributed by atoms with Gasteiger partial charge < -0.3 is 0 Å². The van der Waals surface area contributed by atoms with Crippen LogP contribution < -0.4 is 0 Å². The molecular formula is C8H11ClF6O2S. The molecule has 2 nitrogen and oxygen atoms in total. The molecule has 18 heavy (non-hydrogen) atoms. The molecule has 0 unspecified atom stereocenters. The summed E-state index contributed by atoms with van der Waals surface area (Å²) in [5.41, 5.74) is 0. The van der Waals surface area contributed by atoms with E-state index in [0.717, 1.165) is 0 Å². The third kappa shape index (κ3) is 8.02. The molecule has 0 atom stereocenters. The van der Waals surface area contributed by atoms with E-state index >= 15 is 0 Å². The molecule has 0 fully saturated rings. The minimum atomic E-state index is -5.34. The lowest BCUT2D eigenvalue weighted by Gasteiger charge is -2.22. The molecule has 0 aromatic heterocycles. The highest BCUT2D eigenvalue weighted by atomic mass is 35.7. The Balaban J connectivity index is 4.16. The molecule has 0 aliphatic heterocycles. The highest BCUT2D eigenvalue weighted by Gasteiger charge is 2.55. The van der Waals surface area contributed by atoms with Gasteiger partial charge in [0.05, 0.1) is 5.75 Å². The van der Waals surface area contributed by atoms with Gasteiger partial charge in [-0.3, -0.25) is 0 Å². The summed E-state index contributed by atoms with van der Waals surface area (Å²) in [6, 6.07) is 0. The van der Waals surface area contributed by atoms with E-state index in [4.69, 9.17) is 10.7 Å². The summed E-state index contributed by atoms with van der Waals surface area (Å²) in [5, 5.41) is 0. The van der Waals surface area contributed by atoms with Crippen molar-refractivity contribution in [1.29, 1.82) is 0 Å². The Morgan fingerprint density at radius 3 is 1.67 bits per heavy atom. The Bertz CT molecular complexity index is 334. The Labute approximate surface area is 105 Å². The lowest BCUT2D eigenvalue weighted by molar-refractivity contribution is -0.285. The molecule has 0 aliphatic carbocycles. The summed E-state index contributed by atoms with van der Waals surface area (Å²) >= 11 is 0. The fourth-order valence-electron chi connectivity index (χ4n) is 1.31. The summed E-state index contributed by atoms with van der Waals surface area (Å²) < 4.78 is 93.4. The first-order chi connectivity index (χ1) is 7.84. The predicted octanol–water partition coefficient (Wildman–Crippen LogP) is 3.86. The average Bonchev–Trinajstić information content (AvgIpc) is 2.04. The van der Waals surface area contributed by atoms with Crippen LogP contribution >= 0.6 is 10.7 Å². The van der Waals surface area contributed by atoms with Crippen molar-refractivity contribution in [3.63, 3.8) is 0 Å². The molecule has 0 heterocycles. The molecule has 0 N–H and O–H groups in total. The molecule has 0 spiro atoms. The van der Waals surface area contributed by atoms with Crippen LogP contribution in [0.3, 0.4) is 0 Å². The van der Waals surface area contributed by atoms with Crippen molar-refractivity contribution in [3.8, 4) is 0 Å². The third-order valence-corrected chi connectivity index (χ3v) is 3.41. The van der Waals surface area contributed by atoms with Gasteiger partial charge in [-0.1, -0.05) is 12.8 Å². The van der Waals surface area contributed by atoms with Gasteiger partial charge in [0.1, 0.15) is 0 Å².